The van der Waals surface area contributed by atoms with Gasteiger partial charge in [0.05, 0.1) is 19.1 Å². The molecule has 2 heterocycles. The largest absolute Gasteiger partial charge is 0.497 e. The Kier molecular flexibility index (Phi) is 5.34. The molecule has 1 aromatic heterocycles. The van der Waals surface area contributed by atoms with Crippen LogP contribution in [0.1, 0.15) is 36.2 Å². The molecular formula is C19H27N3O. The molecule has 23 heavy (non-hydrogen) atoms. The standard InChI is InChI=1S/C19H27N3O/c1-15-19(21-14-20-15)13-22-11-3-4-17(12-22)6-5-16-7-9-18(23-2)10-8-16/h7-10,14,17H,3-6,11-13H2,1-2H3,(H,20,21)/t17-/m0/s1. The van der Waals surface area contributed by atoms with Crippen molar-refractivity contribution in [3.8, 4) is 5.75 Å². The Morgan fingerprint density at radius 1 is 1.30 bits per heavy atom. The van der Waals surface area contributed by atoms with E-state index in [1.54, 1.807) is 13.4 Å². The Morgan fingerprint density at radius 3 is 2.83 bits per heavy atom. The van der Waals surface area contributed by atoms with Crippen molar-refractivity contribution in [1.29, 1.82) is 0 Å². The first-order valence-electron chi connectivity index (χ1n) is 8.58. The minimum atomic E-state index is 0.796. The lowest BCUT2D eigenvalue weighted by Crippen LogP contribution is -2.35. The van der Waals surface area contributed by atoms with Gasteiger partial charge in [0.1, 0.15) is 5.75 Å². The van der Waals surface area contributed by atoms with Gasteiger partial charge in [0.2, 0.25) is 0 Å². The number of hydrogen-bond acceptors (Lipinski definition) is 3. The maximum absolute atomic E-state index is 5.22. The summed E-state index contributed by atoms with van der Waals surface area (Å²) in [7, 11) is 1.71. The molecule has 4 nitrogen and oxygen atoms in total. The molecule has 1 fully saturated rings. The summed E-state index contributed by atoms with van der Waals surface area (Å²) in [5, 5.41) is 0. The summed E-state index contributed by atoms with van der Waals surface area (Å²) < 4.78 is 5.22. The molecular weight excluding hydrogens is 286 g/mol. The first kappa shape index (κ1) is 16.1. The van der Waals surface area contributed by atoms with Gasteiger partial charge in [-0.05, 0) is 62.8 Å². The molecule has 0 bridgehead atoms. The monoisotopic (exact) mass is 313 g/mol. The van der Waals surface area contributed by atoms with Crippen LogP contribution in [0.4, 0.5) is 0 Å². The van der Waals surface area contributed by atoms with Gasteiger partial charge in [0, 0.05) is 18.8 Å². The van der Waals surface area contributed by atoms with E-state index in [-0.39, 0.29) is 0 Å². The van der Waals surface area contributed by atoms with Crippen molar-refractivity contribution in [2.75, 3.05) is 20.2 Å². The fourth-order valence-corrected chi connectivity index (χ4v) is 3.45. The second-order valence-corrected chi connectivity index (χ2v) is 6.60. The number of methoxy groups -OCH3 is 1. The van der Waals surface area contributed by atoms with Crippen LogP contribution < -0.4 is 4.74 Å². The Morgan fingerprint density at radius 2 is 2.13 bits per heavy atom. The number of nitrogens with one attached hydrogen (secondary N) is 1. The maximum atomic E-state index is 5.22. The van der Waals surface area contributed by atoms with E-state index in [1.807, 2.05) is 0 Å². The highest BCUT2D eigenvalue weighted by Crippen LogP contribution is 2.23. The summed E-state index contributed by atoms with van der Waals surface area (Å²) >= 11 is 0. The molecule has 0 spiro atoms. The molecule has 4 heteroatoms. The van der Waals surface area contributed by atoms with Gasteiger partial charge >= 0.3 is 0 Å². The highest BCUT2D eigenvalue weighted by Gasteiger charge is 2.20. The molecule has 1 aliphatic heterocycles. The van der Waals surface area contributed by atoms with Crippen molar-refractivity contribution >= 4 is 0 Å². The third-order valence-electron chi connectivity index (χ3n) is 4.91. The van der Waals surface area contributed by atoms with Crippen molar-refractivity contribution in [1.82, 2.24) is 14.9 Å². The van der Waals surface area contributed by atoms with Gasteiger partial charge in [0.25, 0.3) is 0 Å². The third-order valence-corrected chi connectivity index (χ3v) is 4.91. The normalized spacial score (nSPS) is 19.0. The predicted octanol–water partition coefficient (Wildman–Crippen LogP) is 3.57. The lowest BCUT2D eigenvalue weighted by atomic mass is 9.91. The highest BCUT2D eigenvalue weighted by molar-refractivity contribution is 5.27. The van der Waals surface area contributed by atoms with Crippen molar-refractivity contribution < 1.29 is 4.74 Å². The number of nitrogens with zero attached hydrogens (tertiary/aromatic N) is 2. The van der Waals surface area contributed by atoms with Crippen LogP contribution in [0.25, 0.3) is 0 Å². The summed E-state index contributed by atoms with van der Waals surface area (Å²) in [5.74, 6) is 1.73. The molecule has 0 radical (unpaired) electrons. The number of piperidine rings is 1. The molecule has 124 valence electrons. The van der Waals surface area contributed by atoms with Gasteiger partial charge in [-0.3, -0.25) is 4.90 Å². The van der Waals surface area contributed by atoms with E-state index in [0.717, 1.165) is 24.6 Å². The van der Waals surface area contributed by atoms with E-state index in [0.29, 0.717) is 0 Å². The Hall–Kier alpha value is -1.81. The minimum Gasteiger partial charge on any atom is -0.497 e. The molecule has 1 atom stereocenters. The number of rotatable bonds is 6. The van der Waals surface area contributed by atoms with Crippen LogP contribution in [-0.4, -0.2) is 35.1 Å². The Balaban J connectivity index is 1.49. The van der Waals surface area contributed by atoms with E-state index >= 15 is 0 Å². The molecule has 1 saturated heterocycles. The molecule has 0 aliphatic carbocycles. The summed E-state index contributed by atoms with van der Waals surface area (Å²) in [6.07, 6.45) is 6.88. The van der Waals surface area contributed by atoms with Crippen molar-refractivity contribution in [3.63, 3.8) is 0 Å². The van der Waals surface area contributed by atoms with Crippen LogP contribution in [0.5, 0.6) is 5.75 Å². The van der Waals surface area contributed by atoms with Crippen LogP contribution in [0.15, 0.2) is 30.6 Å². The van der Waals surface area contributed by atoms with Gasteiger partial charge in [0.15, 0.2) is 0 Å². The van der Waals surface area contributed by atoms with Crippen molar-refractivity contribution in [2.45, 2.75) is 39.2 Å². The first-order valence-corrected chi connectivity index (χ1v) is 8.58. The van der Waals surface area contributed by atoms with Crippen molar-refractivity contribution in [2.24, 2.45) is 5.92 Å². The molecule has 1 aliphatic rings. The first-order chi connectivity index (χ1) is 11.2. The Bertz CT molecular complexity index is 605. The number of imidazole rings is 1. The lowest BCUT2D eigenvalue weighted by Gasteiger charge is -2.32. The van der Waals surface area contributed by atoms with Crippen LogP contribution in [0.2, 0.25) is 0 Å². The topological polar surface area (TPSA) is 41.1 Å². The lowest BCUT2D eigenvalue weighted by molar-refractivity contribution is 0.160. The zero-order valence-corrected chi connectivity index (χ0v) is 14.2. The van der Waals surface area contributed by atoms with Crippen LogP contribution >= 0.6 is 0 Å². The zero-order valence-electron chi connectivity index (χ0n) is 14.2. The number of aryl methyl sites for hydroxylation is 2. The number of aromatic amines is 1. The molecule has 1 N–H and O–H groups in total. The van der Waals surface area contributed by atoms with E-state index in [1.165, 1.54) is 49.3 Å². The second kappa shape index (κ2) is 7.64. The average molecular weight is 313 g/mol. The second-order valence-electron chi connectivity index (χ2n) is 6.60. The smallest absolute Gasteiger partial charge is 0.118 e. The molecule has 1 aromatic carbocycles. The van der Waals surface area contributed by atoms with Gasteiger partial charge < -0.3 is 9.72 Å². The van der Waals surface area contributed by atoms with E-state index in [9.17, 15) is 0 Å². The van der Waals surface area contributed by atoms with Crippen LogP contribution in [0.3, 0.4) is 0 Å². The fourth-order valence-electron chi connectivity index (χ4n) is 3.45. The van der Waals surface area contributed by atoms with Crippen LogP contribution in [0, 0.1) is 12.8 Å². The number of H-pyrrole nitrogens is 1. The van der Waals surface area contributed by atoms with Gasteiger partial charge in [-0.1, -0.05) is 12.1 Å². The van der Waals surface area contributed by atoms with Crippen molar-refractivity contribution in [3.05, 3.63) is 47.5 Å². The van der Waals surface area contributed by atoms with E-state index in [2.05, 4.69) is 46.1 Å². The van der Waals surface area contributed by atoms with Gasteiger partial charge in [-0.25, -0.2) is 4.98 Å². The summed E-state index contributed by atoms with van der Waals surface area (Å²) in [4.78, 5) is 10.2. The zero-order chi connectivity index (χ0) is 16.1. The minimum absolute atomic E-state index is 0.796. The highest BCUT2D eigenvalue weighted by atomic mass is 16.5. The van der Waals surface area contributed by atoms with E-state index in [4.69, 9.17) is 4.74 Å². The summed E-state index contributed by atoms with van der Waals surface area (Å²) in [5.41, 5.74) is 3.80. The van der Waals surface area contributed by atoms with Gasteiger partial charge in [-0.15, -0.1) is 0 Å². The molecule has 3 rings (SSSR count). The fraction of sp³-hybridized carbons (Fsp3) is 0.526. The number of ether oxygens (including phenoxy) is 1. The number of aromatic nitrogens is 2. The quantitative estimate of drug-likeness (QED) is 0.886. The Labute approximate surface area is 138 Å². The van der Waals surface area contributed by atoms with E-state index < -0.39 is 0 Å². The molecule has 0 saturated carbocycles. The van der Waals surface area contributed by atoms with Gasteiger partial charge in [-0.2, -0.15) is 0 Å². The molecule has 2 aromatic rings. The SMILES string of the molecule is COc1ccc(CC[C@@H]2CCCN(Cc3nc[nH]c3C)C2)cc1. The summed E-state index contributed by atoms with van der Waals surface area (Å²) in [6.45, 7) is 5.48. The predicted molar refractivity (Wildman–Crippen MR) is 92.6 cm³/mol. The number of benzene rings is 1. The maximum Gasteiger partial charge on any atom is 0.118 e. The molecule has 0 unspecified atom stereocenters. The molecule has 0 amide bonds. The average Bonchev–Trinajstić information content (AvgIpc) is 2.99. The third kappa shape index (κ3) is 4.35. The number of hydrogen-bond donors (Lipinski definition) is 1. The van der Waals surface area contributed by atoms with Crippen LogP contribution in [-0.2, 0) is 13.0 Å². The number of likely N-dealkylation sites (tertiary alicyclic amines) is 1. The summed E-state index contributed by atoms with van der Waals surface area (Å²) in [6, 6.07) is 8.49.